The van der Waals surface area contributed by atoms with Gasteiger partial charge in [0.2, 0.25) is 0 Å². The minimum absolute atomic E-state index is 0.108. The number of nitrogens with zero attached hydrogens (tertiary/aromatic N) is 3. The summed E-state index contributed by atoms with van der Waals surface area (Å²) in [5.74, 6) is 1.42. The summed E-state index contributed by atoms with van der Waals surface area (Å²) in [6.45, 7) is 1.95. The maximum atomic E-state index is 5.66. The number of nitrogens with two attached hydrogens (primary N) is 1. The SMILES string of the molecule is CC(N)Cc1nncc(C2CC2)n1. The Labute approximate surface area is 77.6 Å². The molecule has 1 unspecified atom stereocenters. The minimum Gasteiger partial charge on any atom is -0.328 e. The summed E-state index contributed by atoms with van der Waals surface area (Å²) in [4.78, 5) is 4.42. The van der Waals surface area contributed by atoms with Crippen molar-refractivity contribution in [3.63, 3.8) is 0 Å². The van der Waals surface area contributed by atoms with Gasteiger partial charge in [-0.2, -0.15) is 5.10 Å². The third-order valence-electron chi connectivity index (χ3n) is 2.12. The van der Waals surface area contributed by atoms with Crippen molar-refractivity contribution in [3.8, 4) is 0 Å². The van der Waals surface area contributed by atoms with E-state index >= 15 is 0 Å². The van der Waals surface area contributed by atoms with Gasteiger partial charge in [-0.15, -0.1) is 5.10 Å². The number of hydrogen-bond acceptors (Lipinski definition) is 4. The topological polar surface area (TPSA) is 64.7 Å². The highest BCUT2D eigenvalue weighted by molar-refractivity contribution is 5.10. The molecule has 1 fully saturated rings. The van der Waals surface area contributed by atoms with E-state index < -0.39 is 0 Å². The van der Waals surface area contributed by atoms with E-state index in [0.717, 1.165) is 11.5 Å². The first-order valence-corrected chi connectivity index (χ1v) is 4.70. The molecule has 0 radical (unpaired) electrons. The molecule has 70 valence electrons. The predicted octanol–water partition coefficient (Wildman–Crippen LogP) is 0.639. The molecule has 1 aromatic heterocycles. The first kappa shape index (κ1) is 8.56. The smallest absolute Gasteiger partial charge is 0.152 e. The zero-order chi connectivity index (χ0) is 9.26. The van der Waals surface area contributed by atoms with E-state index in [2.05, 4.69) is 15.2 Å². The van der Waals surface area contributed by atoms with Gasteiger partial charge in [0.15, 0.2) is 5.82 Å². The first-order chi connectivity index (χ1) is 6.25. The van der Waals surface area contributed by atoms with E-state index in [1.54, 1.807) is 6.20 Å². The Morgan fingerprint density at radius 3 is 3.00 bits per heavy atom. The number of aromatic nitrogens is 3. The lowest BCUT2D eigenvalue weighted by molar-refractivity contribution is 0.676. The van der Waals surface area contributed by atoms with Crippen LogP contribution >= 0.6 is 0 Å². The van der Waals surface area contributed by atoms with Crippen LogP contribution < -0.4 is 5.73 Å². The fourth-order valence-electron chi connectivity index (χ4n) is 1.31. The van der Waals surface area contributed by atoms with Crippen LogP contribution in [0.15, 0.2) is 6.20 Å². The molecule has 1 aliphatic rings. The van der Waals surface area contributed by atoms with Crippen LogP contribution in [-0.4, -0.2) is 21.2 Å². The molecule has 0 saturated heterocycles. The third kappa shape index (κ3) is 2.21. The van der Waals surface area contributed by atoms with Gasteiger partial charge < -0.3 is 5.73 Å². The van der Waals surface area contributed by atoms with E-state index in [4.69, 9.17) is 5.73 Å². The van der Waals surface area contributed by atoms with Gasteiger partial charge in [0.25, 0.3) is 0 Å². The molecule has 1 aromatic rings. The Morgan fingerprint density at radius 1 is 1.62 bits per heavy atom. The molecule has 1 atom stereocenters. The lowest BCUT2D eigenvalue weighted by atomic mass is 10.2. The van der Waals surface area contributed by atoms with Gasteiger partial charge in [0, 0.05) is 18.4 Å². The molecule has 0 amide bonds. The van der Waals surface area contributed by atoms with Crippen molar-refractivity contribution in [1.29, 1.82) is 0 Å². The maximum Gasteiger partial charge on any atom is 0.152 e. The summed E-state index contributed by atoms with van der Waals surface area (Å²) in [5.41, 5.74) is 6.75. The van der Waals surface area contributed by atoms with Gasteiger partial charge in [-0.25, -0.2) is 4.98 Å². The molecule has 0 aromatic carbocycles. The Bertz CT molecular complexity index is 293. The zero-order valence-electron chi connectivity index (χ0n) is 7.77. The molecule has 4 heteroatoms. The monoisotopic (exact) mass is 178 g/mol. The number of hydrogen-bond donors (Lipinski definition) is 1. The molecule has 2 N–H and O–H groups in total. The maximum absolute atomic E-state index is 5.66. The van der Waals surface area contributed by atoms with Crippen LogP contribution in [0.3, 0.4) is 0 Å². The van der Waals surface area contributed by atoms with Gasteiger partial charge in [0.05, 0.1) is 11.9 Å². The van der Waals surface area contributed by atoms with Crippen molar-refractivity contribution < 1.29 is 0 Å². The Kier molecular flexibility index (Phi) is 2.22. The highest BCUT2D eigenvalue weighted by atomic mass is 15.1. The summed E-state index contributed by atoms with van der Waals surface area (Å²) in [7, 11) is 0. The zero-order valence-corrected chi connectivity index (χ0v) is 7.77. The summed E-state index contributed by atoms with van der Waals surface area (Å²) < 4.78 is 0. The van der Waals surface area contributed by atoms with Crippen molar-refractivity contribution in [2.24, 2.45) is 5.73 Å². The van der Waals surface area contributed by atoms with Crippen LogP contribution in [0.25, 0.3) is 0 Å². The molecule has 0 aliphatic heterocycles. The molecule has 2 rings (SSSR count). The average molecular weight is 178 g/mol. The highest BCUT2D eigenvalue weighted by Crippen LogP contribution is 2.38. The van der Waals surface area contributed by atoms with Crippen LogP contribution in [-0.2, 0) is 6.42 Å². The summed E-state index contributed by atoms with van der Waals surface area (Å²) in [6, 6.07) is 0.108. The van der Waals surface area contributed by atoms with Crippen LogP contribution in [0.1, 0.15) is 37.2 Å². The second-order valence-electron chi connectivity index (χ2n) is 3.75. The molecule has 1 heterocycles. The minimum atomic E-state index is 0.108. The summed E-state index contributed by atoms with van der Waals surface area (Å²) in [6.07, 6.45) is 4.97. The van der Waals surface area contributed by atoms with Crippen LogP contribution in [0.4, 0.5) is 0 Å². The van der Waals surface area contributed by atoms with Crippen molar-refractivity contribution in [2.75, 3.05) is 0 Å². The second kappa shape index (κ2) is 3.38. The molecular formula is C9H14N4. The third-order valence-corrected chi connectivity index (χ3v) is 2.12. The molecule has 0 spiro atoms. The highest BCUT2D eigenvalue weighted by Gasteiger charge is 2.25. The van der Waals surface area contributed by atoms with E-state index in [9.17, 15) is 0 Å². The number of rotatable bonds is 3. The molecule has 1 aliphatic carbocycles. The van der Waals surface area contributed by atoms with Crippen molar-refractivity contribution in [2.45, 2.75) is 38.1 Å². The Morgan fingerprint density at radius 2 is 2.38 bits per heavy atom. The summed E-state index contributed by atoms with van der Waals surface area (Å²) in [5, 5.41) is 7.88. The lowest BCUT2D eigenvalue weighted by Crippen LogP contribution is -2.20. The average Bonchev–Trinajstić information content (AvgIpc) is 2.85. The van der Waals surface area contributed by atoms with Crippen LogP contribution in [0, 0.1) is 0 Å². The first-order valence-electron chi connectivity index (χ1n) is 4.70. The van der Waals surface area contributed by atoms with Gasteiger partial charge in [-0.3, -0.25) is 0 Å². The van der Waals surface area contributed by atoms with Crippen molar-refractivity contribution >= 4 is 0 Å². The van der Waals surface area contributed by atoms with Gasteiger partial charge in [0.1, 0.15) is 0 Å². The van der Waals surface area contributed by atoms with Crippen molar-refractivity contribution in [1.82, 2.24) is 15.2 Å². The van der Waals surface area contributed by atoms with Gasteiger partial charge >= 0.3 is 0 Å². The quantitative estimate of drug-likeness (QED) is 0.737. The summed E-state index contributed by atoms with van der Waals surface area (Å²) >= 11 is 0. The predicted molar refractivity (Wildman–Crippen MR) is 49.2 cm³/mol. The molecule has 0 bridgehead atoms. The van der Waals surface area contributed by atoms with E-state index in [-0.39, 0.29) is 6.04 Å². The Hall–Kier alpha value is -1.03. The van der Waals surface area contributed by atoms with Gasteiger partial charge in [-0.05, 0) is 19.8 Å². The normalized spacial score (nSPS) is 18.6. The van der Waals surface area contributed by atoms with Crippen molar-refractivity contribution in [3.05, 3.63) is 17.7 Å². The van der Waals surface area contributed by atoms with Gasteiger partial charge in [-0.1, -0.05) is 0 Å². The molecular weight excluding hydrogens is 164 g/mol. The molecule has 4 nitrogen and oxygen atoms in total. The Balaban J connectivity index is 2.12. The fraction of sp³-hybridized carbons (Fsp3) is 0.667. The fourth-order valence-corrected chi connectivity index (χ4v) is 1.31. The second-order valence-corrected chi connectivity index (χ2v) is 3.75. The van der Waals surface area contributed by atoms with E-state index in [0.29, 0.717) is 12.3 Å². The lowest BCUT2D eigenvalue weighted by Gasteiger charge is -2.03. The largest absolute Gasteiger partial charge is 0.328 e. The molecule has 13 heavy (non-hydrogen) atoms. The standard InChI is InChI=1S/C9H14N4/c1-6(10)4-9-12-8(5-11-13-9)7-2-3-7/h5-7H,2-4,10H2,1H3. The van der Waals surface area contributed by atoms with Crippen LogP contribution in [0.2, 0.25) is 0 Å². The van der Waals surface area contributed by atoms with Crippen LogP contribution in [0.5, 0.6) is 0 Å². The van der Waals surface area contributed by atoms with E-state index in [1.165, 1.54) is 12.8 Å². The van der Waals surface area contributed by atoms with E-state index in [1.807, 2.05) is 6.92 Å². The molecule has 1 saturated carbocycles.